The fraction of sp³-hybridized carbons (Fsp3) is 0.500. The zero-order valence-electron chi connectivity index (χ0n) is 8.82. The van der Waals surface area contributed by atoms with Gasteiger partial charge in [-0.15, -0.1) is 0 Å². The van der Waals surface area contributed by atoms with Crippen molar-refractivity contribution >= 4 is 0 Å². The topological polar surface area (TPSA) is 30.5 Å². The zero-order chi connectivity index (χ0) is 10.3. The highest BCUT2D eigenvalue weighted by atomic mass is 16.6. The van der Waals surface area contributed by atoms with Crippen molar-refractivity contribution in [1.29, 1.82) is 0 Å². The highest BCUT2D eigenvalue weighted by Gasteiger charge is 2.43. The van der Waals surface area contributed by atoms with Gasteiger partial charge in [-0.25, -0.2) is 0 Å². The van der Waals surface area contributed by atoms with E-state index in [1.54, 1.807) is 0 Å². The zero-order valence-corrected chi connectivity index (χ0v) is 8.82. The molecule has 1 fully saturated rings. The Hall–Kier alpha value is -1.06. The molecule has 0 aromatic heterocycles. The molecule has 0 saturated carbocycles. The normalized spacial score (nSPS) is 33.8. The van der Waals surface area contributed by atoms with E-state index in [1.807, 2.05) is 18.2 Å². The Bertz CT molecular complexity index is 370. The number of benzene rings is 1. The minimum absolute atomic E-state index is 0.247. The molecule has 2 heterocycles. The monoisotopic (exact) mass is 205 g/mol. The number of para-hydroxylation sites is 1. The number of morpholine rings is 1. The maximum absolute atomic E-state index is 5.98. The van der Waals surface area contributed by atoms with Crippen LogP contribution in [0.5, 0.6) is 5.75 Å². The van der Waals surface area contributed by atoms with E-state index in [-0.39, 0.29) is 5.60 Å². The SMILES string of the molecule is CC1COC2(CN1)COc1ccccc12. The number of hydrogen-bond acceptors (Lipinski definition) is 3. The first-order valence-corrected chi connectivity index (χ1v) is 5.40. The molecule has 0 aliphatic carbocycles. The van der Waals surface area contributed by atoms with E-state index in [9.17, 15) is 0 Å². The standard InChI is InChI=1S/C12H15NO2/c1-9-6-15-12(7-13-9)8-14-11-5-3-2-4-10(11)12/h2-5,9,13H,6-8H2,1H3. The molecule has 2 aliphatic rings. The van der Waals surface area contributed by atoms with Gasteiger partial charge in [0.15, 0.2) is 0 Å². The fourth-order valence-corrected chi connectivity index (χ4v) is 2.24. The number of fused-ring (bicyclic) bond motifs is 2. The van der Waals surface area contributed by atoms with Crippen molar-refractivity contribution in [2.75, 3.05) is 19.8 Å². The van der Waals surface area contributed by atoms with E-state index in [0.29, 0.717) is 12.6 Å². The van der Waals surface area contributed by atoms with E-state index in [2.05, 4.69) is 18.3 Å². The van der Waals surface area contributed by atoms with Gasteiger partial charge in [-0.2, -0.15) is 0 Å². The van der Waals surface area contributed by atoms with E-state index >= 15 is 0 Å². The van der Waals surface area contributed by atoms with Gasteiger partial charge < -0.3 is 14.8 Å². The molecular formula is C12H15NO2. The van der Waals surface area contributed by atoms with Crippen LogP contribution in [0.25, 0.3) is 0 Å². The Kier molecular flexibility index (Phi) is 1.97. The van der Waals surface area contributed by atoms with Crippen molar-refractivity contribution in [2.24, 2.45) is 0 Å². The third-order valence-electron chi connectivity index (χ3n) is 3.18. The average Bonchev–Trinajstić information content (AvgIpc) is 2.63. The summed E-state index contributed by atoms with van der Waals surface area (Å²) in [5.74, 6) is 0.967. The van der Waals surface area contributed by atoms with Crippen molar-refractivity contribution < 1.29 is 9.47 Å². The van der Waals surface area contributed by atoms with Crippen molar-refractivity contribution in [3.8, 4) is 5.75 Å². The second kappa shape index (κ2) is 3.22. The first-order valence-electron chi connectivity index (χ1n) is 5.40. The summed E-state index contributed by atoms with van der Waals surface area (Å²) in [4.78, 5) is 0. The summed E-state index contributed by atoms with van der Waals surface area (Å²) in [5.41, 5.74) is 0.938. The van der Waals surface area contributed by atoms with Crippen molar-refractivity contribution in [2.45, 2.75) is 18.6 Å². The first kappa shape index (κ1) is 9.19. The van der Waals surface area contributed by atoms with Crippen LogP contribution in [-0.2, 0) is 10.3 Å². The molecule has 0 amide bonds. The van der Waals surface area contributed by atoms with Crippen LogP contribution < -0.4 is 10.1 Å². The molecule has 2 unspecified atom stereocenters. The number of ether oxygens (including phenoxy) is 2. The molecule has 1 saturated heterocycles. The lowest BCUT2D eigenvalue weighted by molar-refractivity contribution is -0.0932. The van der Waals surface area contributed by atoms with Gasteiger partial charge in [0.1, 0.15) is 18.0 Å². The second-order valence-corrected chi connectivity index (χ2v) is 4.37. The molecule has 80 valence electrons. The number of nitrogens with one attached hydrogen (secondary N) is 1. The Morgan fingerprint density at radius 2 is 2.27 bits per heavy atom. The summed E-state index contributed by atoms with van der Waals surface area (Å²) in [5, 5.41) is 3.45. The second-order valence-electron chi connectivity index (χ2n) is 4.37. The van der Waals surface area contributed by atoms with Crippen LogP contribution in [0.3, 0.4) is 0 Å². The quantitative estimate of drug-likeness (QED) is 0.692. The maximum atomic E-state index is 5.98. The van der Waals surface area contributed by atoms with Gasteiger partial charge in [-0.3, -0.25) is 0 Å². The van der Waals surface area contributed by atoms with Gasteiger partial charge in [-0.05, 0) is 13.0 Å². The predicted molar refractivity (Wildman–Crippen MR) is 57.0 cm³/mol. The summed E-state index contributed by atoms with van der Waals surface area (Å²) >= 11 is 0. The third-order valence-corrected chi connectivity index (χ3v) is 3.18. The van der Waals surface area contributed by atoms with Crippen LogP contribution in [0, 0.1) is 0 Å². The number of hydrogen-bond donors (Lipinski definition) is 1. The van der Waals surface area contributed by atoms with E-state index in [1.165, 1.54) is 5.56 Å². The highest BCUT2D eigenvalue weighted by Crippen LogP contribution is 2.40. The molecular weight excluding hydrogens is 190 g/mol. The molecule has 2 atom stereocenters. The van der Waals surface area contributed by atoms with Crippen LogP contribution in [0.2, 0.25) is 0 Å². The smallest absolute Gasteiger partial charge is 0.143 e. The lowest BCUT2D eigenvalue weighted by atomic mass is 9.94. The Morgan fingerprint density at radius 1 is 1.40 bits per heavy atom. The largest absolute Gasteiger partial charge is 0.490 e. The van der Waals surface area contributed by atoms with Gasteiger partial charge in [0.25, 0.3) is 0 Å². The molecule has 3 rings (SSSR count). The van der Waals surface area contributed by atoms with Crippen LogP contribution >= 0.6 is 0 Å². The highest BCUT2D eigenvalue weighted by molar-refractivity contribution is 5.42. The van der Waals surface area contributed by atoms with Gasteiger partial charge >= 0.3 is 0 Å². The van der Waals surface area contributed by atoms with E-state index < -0.39 is 0 Å². The van der Waals surface area contributed by atoms with Crippen molar-refractivity contribution in [3.05, 3.63) is 29.8 Å². The molecule has 0 bridgehead atoms. The fourth-order valence-electron chi connectivity index (χ4n) is 2.24. The minimum atomic E-state index is -0.247. The summed E-state index contributed by atoms with van der Waals surface area (Å²) in [6.07, 6.45) is 0. The maximum Gasteiger partial charge on any atom is 0.143 e. The molecule has 1 aromatic carbocycles. The van der Waals surface area contributed by atoms with Gasteiger partial charge in [0.2, 0.25) is 0 Å². The third kappa shape index (κ3) is 1.34. The molecule has 1 N–H and O–H groups in total. The Morgan fingerprint density at radius 3 is 3.07 bits per heavy atom. The molecule has 15 heavy (non-hydrogen) atoms. The molecule has 3 nitrogen and oxygen atoms in total. The van der Waals surface area contributed by atoms with Gasteiger partial charge in [0, 0.05) is 18.2 Å². The van der Waals surface area contributed by atoms with Crippen LogP contribution in [0.15, 0.2) is 24.3 Å². The molecule has 1 spiro atoms. The van der Waals surface area contributed by atoms with Crippen LogP contribution in [0.1, 0.15) is 12.5 Å². The summed E-state index contributed by atoms with van der Waals surface area (Å²) < 4.78 is 11.6. The van der Waals surface area contributed by atoms with E-state index in [4.69, 9.17) is 9.47 Å². The van der Waals surface area contributed by atoms with Gasteiger partial charge in [-0.1, -0.05) is 18.2 Å². The van der Waals surface area contributed by atoms with Crippen molar-refractivity contribution in [1.82, 2.24) is 5.32 Å². The Balaban J connectivity index is 1.95. The molecule has 3 heteroatoms. The van der Waals surface area contributed by atoms with Crippen LogP contribution in [-0.4, -0.2) is 25.8 Å². The van der Waals surface area contributed by atoms with E-state index in [0.717, 1.165) is 18.9 Å². The molecule has 0 radical (unpaired) electrons. The van der Waals surface area contributed by atoms with Crippen molar-refractivity contribution in [3.63, 3.8) is 0 Å². The van der Waals surface area contributed by atoms with Gasteiger partial charge in [0.05, 0.1) is 6.61 Å². The lowest BCUT2D eigenvalue weighted by Crippen LogP contribution is -2.52. The summed E-state index contributed by atoms with van der Waals surface area (Å²) in [6.45, 7) is 4.35. The molecule has 1 aromatic rings. The minimum Gasteiger partial charge on any atom is -0.490 e. The first-order chi connectivity index (χ1) is 7.30. The Labute approximate surface area is 89.4 Å². The molecule has 2 aliphatic heterocycles. The average molecular weight is 205 g/mol. The number of rotatable bonds is 0. The predicted octanol–water partition coefficient (Wildman–Crippen LogP) is 1.28. The lowest BCUT2D eigenvalue weighted by Gasteiger charge is -2.36. The van der Waals surface area contributed by atoms with Crippen LogP contribution in [0.4, 0.5) is 0 Å². The summed E-state index contributed by atoms with van der Waals surface area (Å²) in [7, 11) is 0. The summed E-state index contributed by atoms with van der Waals surface area (Å²) in [6, 6.07) is 8.57.